The van der Waals surface area contributed by atoms with E-state index in [1.807, 2.05) is 13.8 Å². The molecule has 0 aromatic rings. The minimum atomic E-state index is -4.17. The van der Waals surface area contributed by atoms with Gasteiger partial charge in [-0.05, 0) is 24.3 Å². The fourth-order valence-electron chi connectivity index (χ4n) is 1.94. The van der Waals surface area contributed by atoms with Crippen molar-refractivity contribution in [1.29, 1.82) is 0 Å². The van der Waals surface area contributed by atoms with E-state index in [0.717, 1.165) is 12.0 Å². The van der Waals surface area contributed by atoms with Crippen LogP contribution in [-0.2, 0) is 4.79 Å². The van der Waals surface area contributed by atoms with E-state index in [0.29, 0.717) is 12.8 Å². The van der Waals surface area contributed by atoms with Gasteiger partial charge in [0.15, 0.2) is 5.78 Å². The van der Waals surface area contributed by atoms with Crippen LogP contribution in [0.25, 0.3) is 0 Å². The molecule has 0 spiro atoms. The van der Waals surface area contributed by atoms with Crippen LogP contribution < -0.4 is 0 Å². The Hall–Kier alpha value is -0.450. The van der Waals surface area contributed by atoms with Crippen LogP contribution in [0.2, 0.25) is 0 Å². The van der Waals surface area contributed by atoms with Crippen molar-refractivity contribution >= 4 is 17.5 Å². The van der Waals surface area contributed by atoms with E-state index in [-0.39, 0.29) is 28.7 Å². The Morgan fingerprint density at radius 3 is 2.50 bits per heavy atom. The van der Waals surface area contributed by atoms with E-state index in [4.69, 9.17) is 0 Å². The zero-order valence-electron chi connectivity index (χ0n) is 9.36. The molecule has 1 rings (SSSR count). The average Bonchev–Trinajstić information content (AvgIpc) is 1.96. The SMILES string of the molecule is CC1(C)CC(=O)C=C(CCSC(F)(F)F)C1. The Bertz CT molecular complexity index is 305. The lowest BCUT2D eigenvalue weighted by atomic mass is 9.76. The number of hydrogen-bond donors (Lipinski definition) is 0. The van der Waals surface area contributed by atoms with Crippen molar-refractivity contribution in [2.45, 2.75) is 38.6 Å². The molecule has 0 aromatic carbocycles. The molecule has 1 aliphatic carbocycles. The monoisotopic (exact) mass is 252 g/mol. The molecule has 0 unspecified atom stereocenters. The van der Waals surface area contributed by atoms with E-state index in [2.05, 4.69) is 0 Å². The lowest BCUT2D eigenvalue weighted by Crippen LogP contribution is -2.22. The van der Waals surface area contributed by atoms with Gasteiger partial charge >= 0.3 is 5.51 Å². The predicted molar refractivity (Wildman–Crippen MR) is 59.2 cm³/mol. The van der Waals surface area contributed by atoms with Crippen molar-refractivity contribution in [3.63, 3.8) is 0 Å². The second kappa shape index (κ2) is 4.82. The van der Waals surface area contributed by atoms with Crippen molar-refractivity contribution in [3.05, 3.63) is 11.6 Å². The third kappa shape index (κ3) is 5.05. The molecule has 0 aromatic heterocycles. The summed E-state index contributed by atoms with van der Waals surface area (Å²) in [5.41, 5.74) is -3.43. The summed E-state index contributed by atoms with van der Waals surface area (Å²) in [7, 11) is 0. The summed E-state index contributed by atoms with van der Waals surface area (Å²) in [6, 6.07) is 0. The molecule has 0 aliphatic heterocycles. The highest BCUT2D eigenvalue weighted by atomic mass is 32.2. The Labute approximate surface area is 97.5 Å². The molecule has 0 saturated carbocycles. The lowest BCUT2D eigenvalue weighted by molar-refractivity contribution is -0.117. The molecule has 16 heavy (non-hydrogen) atoms. The number of thioether (sulfide) groups is 1. The third-order valence-electron chi connectivity index (χ3n) is 2.41. The van der Waals surface area contributed by atoms with Gasteiger partial charge < -0.3 is 0 Å². The second-order valence-corrected chi connectivity index (χ2v) is 5.99. The zero-order chi connectivity index (χ0) is 12.4. The molecule has 0 saturated heterocycles. The molecule has 1 aliphatic rings. The highest BCUT2D eigenvalue weighted by molar-refractivity contribution is 8.00. The van der Waals surface area contributed by atoms with E-state index < -0.39 is 5.51 Å². The summed E-state index contributed by atoms with van der Waals surface area (Å²) in [5, 5.41) is 0. The standard InChI is InChI=1S/C11H15F3OS/c1-10(2)6-8(5-9(15)7-10)3-4-16-11(12,13)14/h5H,3-4,6-7H2,1-2H3. The van der Waals surface area contributed by atoms with E-state index in [1.54, 1.807) is 0 Å². The van der Waals surface area contributed by atoms with Crippen LogP contribution in [0, 0.1) is 5.41 Å². The second-order valence-electron chi connectivity index (χ2n) is 4.83. The highest BCUT2D eigenvalue weighted by Gasteiger charge is 2.30. The van der Waals surface area contributed by atoms with Gasteiger partial charge in [-0.25, -0.2) is 0 Å². The Balaban J connectivity index is 2.46. The minimum Gasteiger partial charge on any atom is -0.295 e. The molecule has 0 atom stereocenters. The van der Waals surface area contributed by atoms with E-state index in [1.165, 1.54) is 6.08 Å². The maximum absolute atomic E-state index is 11.9. The van der Waals surface area contributed by atoms with Crippen molar-refractivity contribution in [3.8, 4) is 0 Å². The van der Waals surface area contributed by atoms with Gasteiger partial charge in [0.05, 0.1) is 0 Å². The van der Waals surface area contributed by atoms with Gasteiger partial charge in [0.25, 0.3) is 0 Å². The normalized spacial score (nSPS) is 20.8. The fraction of sp³-hybridized carbons (Fsp3) is 0.727. The van der Waals surface area contributed by atoms with Crippen LogP contribution in [0.3, 0.4) is 0 Å². The van der Waals surface area contributed by atoms with Crippen molar-refractivity contribution in [1.82, 2.24) is 0 Å². The number of allylic oxidation sites excluding steroid dienone is 2. The highest BCUT2D eigenvalue weighted by Crippen LogP contribution is 2.37. The summed E-state index contributed by atoms with van der Waals surface area (Å²) < 4.78 is 35.7. The first-order chi connectivity index (χ1) is 7.18. The molecule has 0 N–H and O–H groups in total. The summed E-state index contributed by atoms with van der Waals surface area (Å²) in [4.78, 5) is 11.3. The zero-order valence-corrected chi connectivity index (χ0v) is 10.2. The van der Waals surface area contributed by atoms with Gasteiger partial charge in [0, 0.05) is 12.2 Å². The largest absolute Gasteiger partial charge is 0.441 e. The molecular weight excluding hydrogens is 237 g/mol. The number of halogens is 3. The number of carbonyl (C=O) groups is 1. The number of carbonyl (C=O) groups excluding carboxylic acids is 1. The Kier molecular flexibility index (Phi) is 4.10. The molecule has 5 heteroatoms. The van der Waals surface area contributed by atoms with Crippen molar-refractivity contribution in [2.75, 3.05) is 5.75 Å². The first kappa shape index (κ1) is 13.6. The number of alkyl halides is 3. The van der Waals surface area contributed by atoms with E-state index >= 15 is 0 Å². The molecule has 0 radical (unpaired) electrons. The van der Waals surface area contributed by atoms with Crippen molar-refractivity contribution in [2.24, 2.45) is 5.41 Å². The average molecular weight is 252 g/mol. The summed E-state index contributed by atoms with van der Waals surface area (Å²) in [6.07, 6.45) is 3.07. The quantitative estimate of drug-likeness (QED) is 0.756. The first-order valence-electron chi connectivity index (χ1n) is 5.11. The molecule has 0 bridgehead atoms. The number of ketones is 1. The fourth-order valence-corrected chi connectivity index (χ4v) is 2.53. The van der Waals surface area contributed by atoms with Crippen LogP contribution in [-0.4, -0.2) is 17.0 Å². The summed E-state index contributed by atoms with van der Waals surface area (Å²) >= 11 is -0.0235. The smallest absolute Gasteiger partial charge is 0.295 e. The van der Waals surface area contributed by atoms with Crippen LogP contribution in [0.5, 0.6) is 0 Å². The maximum atomic E-state index is 11.9. The van der Waals surface area contributed by atoms with Gasteiger partial charge in [-0.2, -0.15) is 13.2 Å². The Morgan fingerprint density at radius 1 is 1.38 bits per heavy atom. The Morgan fingerprint density at radius 2 is 2.00 bits per heavy atom. The van der Waals surface area contributed by atoms with Crippen LogP contribution >= 0.6 is 11.8 Å². The lowest BCUT2D eigenvalue weighted by Gasteiger charge is -2.28. The van der Waals surface area contributed by atoms with E-state index in [9.17, 15) is 18.0 Å². The van der Waals surface area contributed by atoms with Gasteiger partial charge in [0.1, 0.15) is 0 Å². The van der Waals surface area contributed by atoms with Gasteiger partial charge in [-0.1, -0.05) is 31.2 Å². The molecular formula is C11H15F3OS. The summed E-state index contributed by atoms with van der Waals surface area (Å²) in [6.45, 7) is 3.93. The molecule has 0 amide bonds. The van der Waals surface area contributed by atoms with Crippen LogP contribution in [0.15, 0.2) is 11.6 Å². The van der Waals surface area contributed by atoms with Gasteiger partial charge in [0.2, 0.25) is 0 Å². The topological polar surface area (TPSA) is 17.1 Å². The van der Waals surface area contributed by atoms with Crippen LogP contribution in [0.1, 0.15) is 33.1 Å². The molecule has 0 fully saturated rings. The first-order valence-corrected chi connectivity index (χ1v) is 6.09. The predicted octanol–water partition coefficient (Wildman–Crippen LogP) is 3.95. The van der Waals surface area contributed by atoms with Gasteiger partial charge in [-0.3, -0.25) is 4.79 Å². The molecule has 0 heterocycles. The number of rotatable bonds is 3. The number of hydrogen-bond acceptors (Lipinski definition) is 2. The van der Waals surface area contributed by atoms with Crippen molar-refractivity contribution < 1.29 is 18.0 Å². The third-order valence-corrected chi connectivity index (χ3v) is 3.15. The van der Waals surface area contributed by atoms with Gasteiger partial charge in [-0.15, -0.1) is 0 Å². The summed E-state index contributed by atoms with van der Waals surface area (Å²) in [5.74, 6) is 0.0295. The molecule has 92 valence electrons. The molecule has 1 nitrogen and oxygen atoms in total. The minimum absolute atomic E-state index is 0.00130. The maximum Gasteiger partial charge on any atom is 0.441 e. The van der Waals surface area contributed by atoms with Crippen LogP contribution in [0.4, 0.5) is 13.2 Å².